The molecule has 0 aliphatic rings. The Morgan fingerprint density at radius 1 is 1.14 bits per heavy atom. The van der Waals surface area contributed by atoms with Crippen LogP contribution in [0.2, 0.25) is 10.0 Å². The highest BCUT2D eigenvalue weighted by atomic mass is 79.9. The second-order valence-corrected chi connectivity index (χ2v) is 6.47. The van der Waals surface area contributed by atoms with Crippen LogP contribution >= 0.6 is 39.1 Å². The molecule has 2 aromatic rings. The fraction of sp³-hybridized carbons (Fsp3) is 0.188. The van der Waals surface area contributed by atoms with Gasteiger partial charge in [0.2, 0.25) is 0 Å². The third-order valence-electron chi connectivity index (χ3n) is 3.42. The minimum atomic E-state index is -0.0604. The van der Waals surface area contributed by atoms with Crippen molar-refractivity contribution in [2.75, 3.05) is 7.05 Å². The van der Waals surface area contributed by atoms with Crippen LogP contribution in [0, 0.1) is 0 Å². The summed E-state index contributed by atoms with van der Waals surface area (Å²) in [6.07, 6.45) is 0. The van der Waals surface area contributed by atoms with Gasteiger partial charge in [0.15, 0.2) is 0 Å². The zero-order chi connectivity index (χ0) is 15.6. The first-order valence-corrected chi connectivity index (χ1v) is 7.92. The zero-order valence-corrected chi connectivity index (χ0v) is 14.7. The van der Waals surface area contributed by atoms with Gasteiger partial charge >= 0.3 is 0 Å². The van der Waals surface area contributed by atoms with Gasteiger partial charge in [-0.15, -0.1) is 0 Å². The lowest BCUT2D eigenvalue weighted by atomic mass is 10.1. The van der Waals surface area contributed by atoms with Gasteiger partial charge in [0, 0.05) is 22.1 Å². The molecule has 2 nitrogen and oxygen atoms in total. The van der Waals surface area contributed by atoms with E-state index in [1.807, 2.05) is 31.2 Å². The summed E-state index contributed by atoms with van der Waals surface area (Å²) < 4.78 is 0.711. The molecule has 2 rings (SSSR count). The molecule has 21 heavy (non-hydrogen) atoms. The van der Waals surface area contributed by atoms with Crippen molar-refractivity contribution >= 4 is 45.0 Å². The molecular formula is C16H14BrCl2NO. The molecule has 0 fully saturated rings. The minimum absolute atomic E-state index is 0.0516. The summed E-state index contributed by atoms with van der Waals surface area (Å²) in [5, 5.41) is 1.27. The summed E-state index contributed by atoms with van der Waals surface area (Å²) in [6, 6.07) is 12.6. The average molecular weight is 387 g/mol. The molecule has 1 unspecified atom stereocenters. The second-order valence-electron chi connectivity index (χ2n) is 4.77. The molecule has 0 aliphatic heterocycles. The Labute approximate surface area is 142 Å². The molecule has 0 spiro atoms. The van der Waals surface area contributed by atoms with Gasteiger partial charge in [0.05, 0.1) is 11.1 Å². The molecule has 0 heterocycles. The number of hydrogen-bond acceptors (Lipinski definition) is 1. The first-order chi connectivity index (χ1) is 9.90. The van der Waals surface area contributed by atoms with Gasteiger partial charge in [0.25, 0.3) is 5.91 Å². The van der Waals surface area contributed by atoms with Crippen LogP contribution in [-0.4, -0.2) is 17.9 Å². The van der Waals surface area contributed by atoms with Crippen molar-refractivity contribution in [3.63, 3.8) is 0 Å². The second kappa shape index (κ2) is 6.82. The highest BCUT2D eigenvalue weighted by molar-refractivity contribution is 9.10. The molecule has 2 aromatic carbocycles. The average Bonchev–Trinajstić information content (AvgIpc) is 2.48. The van der Waals surface area contributed by atoms with E-state index in [1.54, 1.807) is 30.1 Å². The van der Waals surface area contributed by atoms with Crippen LogP contribution in [0.3, 0.4) is 0 Å². The van der Waals surface area contributed by atoms with E-state index in [0.717, 1.165) is 5.56 Å². The van der Waals surface area contributed by atoms with Gasteiger partial charge in [0.1, 0.15) is 0 Å². The highest BCUT2D eigenvalue weighted by Crippen LogP contribution is 2.26. The standard InChI is InChI=1S/C16H14BrCl2NO/c1-10(11-3-6-13(18)7-4-11)20(2)16(21)12-5-8-15(19)14(17)9-12/h3-10H,1-2H3. The Bertz CT molecular complexity index is 658. The number of nitrogens with zero attached hydrogens (tertiary/aromatic N) is 1. The van der Waals surface area contributed by atoms with Gasteiger partial charge in [-0.05, 0) is 58.7 Å². The number of rotatable bonds is 3. The molecule has 0 aromatic heterocycles. The summed E-state index contributed by atoms with van der Waals surface area (Å²) in [6.45, 7) is 1.98. The monoisotopic (exact) mass is 385 g/mol. The number of halogens is 3. The van der Waals surface area contributed by atoms with E-state index in [1.165, 1.54) is 0 Å². The third kappa shape index (κ3) is 3.79. The van der Waals surface area contributed by atoms with Gasteiger partial charge in [-0.25, -0.2) is 0 Å². The molecule has 1 atom stereocenters. The largest absolute Gasteiger partial charge is 0.335 e. The Hall–Kier alpha value is -1.03. The maximum Gasteiger partial charge on any atom is 0.254 e. The van der Waals surface area contributed by atoms with Crippen molar-refractivity contribution in [1.29, 1.82) is 0 Å². The summed E-state index contributed by atoms with van der Waals surface area (Å²) >= 11 is 15.2. The molecular weight excluding hydrogens is 373 g/mol. The van der Waals surface area contributed by atoms with Crippen LogP contribution < -0.4 is 0 Å². The van der Waals surface area contributed by atoms with E-state index in [4.69, 9.17) is 23.2 Å². The van der Waals surface area contributed by atoms with Gasteiger partial charge in [-0.1, -0.05) is 35.3 Å². The molecule has 110 valence electrons. The first kappa shape index (κ1) is 16.3. The van der Waals surface area contributed by atoms with Crippen molar-refractivity contribution in [3.05, 3.63) is 68.1 Å². The normalized spacial score (nSPS) is 12.0. The van der Waals surface area contributed by atoms with Crippen LogP contribution in [0.25, 0.3) is 0 Å². The third-order valence-corrected chi connectivity index (χ3v) is 4.89. The molecule has 0 bridgehead atoms. The number of benzene rings is 2. The zero-order valence-electron chi connectivity index (χ0n) is 11.6. The summed E-state index contributed by atoms with van der Waals surface area (Å²) in [5.41, 5.74) is 1.62. The molecule has 0 aliphatic carbocycles. The van der Waals surface area contributed by atoms with Crippen LogP contribution in [0.15, 0.2) is 46.9 Å². The number of carbonyl (C=O) groups is 1. The molecule has 0 saturated heterocycles. The minimum Gasteiger partial charge on any atom is -0.335 e. The molecule has 1 amide bonds. The molecule has 5 heteroatoms. The predicted octanol–water partition coefficient (Wildman–Crippen LogP) is 5.59. The first-order valence-electron chi connectivity index (χ1n) is 6.38. The van der Waals surface area contributed by atoms with Crippen LogP contribution in [0.1, 0.15) is 28.9 Å². The lowest BCUT2D eigenvalue weighted by Crippen LogP contribution is -2.29. The fourth-order valence-corrected chi connectivity index (χ4v) is 2.60. The van der Waals surface area contributed by atoms with E-state index in [0.29, 0.717) is 20.1 Å². The van der Waals surface area contributed by atoms with E-state index in [9.17, 15) is 4.79 Å². The Balaban J connectivity index is 2.21. The maximum atomic E-state index is 12.5. The Morgan fingerprint density at radius 3 is 2.33 bits per heavy atom. The number of hydrogen-bond donors (Lipinski definition) is 0. The lowest BCUT2D eigenvalue weighted by molar-refractivity contribution is 0.0742. The summed E-state index contributed by atoms with van der Waals surface area (Å²) in [7, 11) is 1.78. The molecule has 0 saturated carbocycles. The quantitative estimate of drug-likeness (QED) is 0.673. The smallest absolute Gasteiger partial charge is 0.254 e. The predicted molar refractivity (Wildman–Crippen MR) is 91.1 cm³/mol. The van der Waals surface area contributed by atoms with E-state index < -0.39 is 0 Å². The number of amides is 1. The van der Waals surface area contributed by atoms with Gasteiger partial charge < -0.3 is 4.90 Å². The van der Waals surface area contributed by atoms with E-state index in [-0.39, 0.29) is 11.9 Å². The van der Waals surface area contributed by atoms with Crippen molar-refractivity contribution in [2.45, 2.75) is 13.0 Å². The van der Waals surface area contributed by atoms with Crippen molar-refractivity contribution in [3.8, 4) is 0 Å². The highest BCUT2D eigenvalue weighted by Gasteiger charge is 2.19. The van der Waals surface area contributed by atoms with Crippen LogP contribution in [-0.2, 0) is 0 Å². The van der Waals surface area contributed by atoms with Crippen molar-refractivity contribution in [2.24, 2.45) is 0 Å². The summed E-state index contributed by atoms with van der Waals surface area (Å²) in [5.74, 6) is -0.0604. The van der Waals surface area contributed by atoms with Crippen molar-refractivity contribution in [1.82, 2.24) is 4.90 Å². The van der Waals surface area contributed by atoms with E-state index in [2.05, 4.69) is 15.9 Å². The molecule has 0 radical (unpaired) electrons. The molecule has 0 N–H and O–H groups in total. The van der Waals surface area contributed by atoms with Crippen molar-refractivity contribution < 1.29 is 4.79 Å². The fourth-order valence-electron chi connectivity index (χ4n) is 1.97. The lowest BCUT2D eigenvalue weighted by Gasteiger charge is -2.25. The maximum absolute atomic E-state index is 12.5. The van der Waals surface area contributed by atoms with Gasteiger partial charge in [-0.3, -0.25) is 4.79 Å². The SMILES string of the molecule is CC(c1ccc(Cl)cc1)N(C)C(=O)c1ccc(Cl)c(Br)c1. The summed E-state index contributed by atoms with van der Waals surface area (Å²) in [4.78, 5) is 14.2. The van der Waals surface area contributed by atoms with E-state index >= 15 is 0 Å². The van der Waals surface area contributed by atoms with Gasteiger partial charge in [-0.2, -0.15) is 0 Å². The Morgan fingerprint density at radius 2 is 1.76 bits per heavy atom. The Kier molecular flexibility index (Phi) is 5.31. The topological polar surface area (TPSA) is 20.3 Å². The number of carbonyl (C=O) groups excluding carboxylic acids is 1. The van der Waals surface area contributed by atoms with Crippen LogP contribution in [0.4, 0.5) is 0 Å². The van der Waals surface area contributed by atoms with Crippen LogP contribution in [0.5, 0.6) is 0 Å².